The summed E-state index contributed by atoms with van der Waals surface area (Å²) in [6, 6.07) is 0.563. The summed E-state index contributed by atoms with van der Waals surface area (Å²) in [5, 5.41) is 0. The maximum atomic E-state index is 5.92. The van der Waals surface area contributed by atoms with Crippen LogP contribution < -0.4 is 5.73 Å². The van der Waals surface area contributed by atoms with Crippen LogP contribution in [0.2, 0.25) is 0 Å². The van der Waals surface area contributed by atoms with Gasteiger partial charge in [-0.25, -0.2) is 0 Å². The fourth-order valence-electron chi connectivity index (χ4n) is 2.53. The largest absolute Gasteiger partial charge is 0.329 e. The average molecular weight is 227 g/mol. The van der Waals surface area contributed by atoms with Gasteiger partial charge in [0.25, 0.3) is 0 Å². The zero-order valence-electron chi connectivity index (χ0n) is 11.7. The average Bonchev–Trinajstić information content (AvgIpc) is 2.18. The van der Waals surface area contributed by atoms with Crippen LogP contribution in [0.4, 0.5) is 0 Å². The molecule has 0 saturated carbocycles. The van der Waals surface area contributed by atoms with Crippen LogP contribution in [0.1, 0.15) is 34.1 Å². The molecule has 0 aromatic carbocycles. The van der Waals surface area contributed by atoms with E-state index in [2.05, 4.69) is 44.5 Å². The Balaban J connectivity index is 2.59. The van der Waals surface area contributed by atoms with Gasteiger partial charge < -0.3 is 5.73 Å². The smallest absolute Gasteiger partial charge is 0.0277 e. The van der Waals surface area contributed by atoms with E-state index in [0.717, 1.165) is 32.1 Å². The second-order valence-corrected chi connectivity index (χ2v) is 6.22. The standard InChI is InChI=1S/C13H29N3/c1-11(2)8-12(9-14)16-7-6-15(5)13(3,4)10-16/h11-12H,6-10,14H2,1-5H3. The van der Waals surface area contributed by atoms with E-state index < -0.39 is 0 Å². The molecule has 0 bridgehead atoms. The number of rotatable bonds is 4. The van der Waals surface area contributed by atoms with Gasteiger partial charge in [0.15, 0.2) is 0 Å². The summed E-state index contributed by atoms with van der Waals surface area (Å²) in [7, 11) is 2.22. The van der Waals surface area contributed by atoms with Crippen molar-refractivity contribution in [1.29, 1.82) is 0 Å². The first-order valence-corrected chi connectivity index (χ1v) is 6.52. The monoisotopic (exact) mass is 227 g/mol. The SMILES string of the molecule is CC(C)CC(CN)N1CCN(C)C(C)(C)C1. The number of piperazine rings is 1. The molecule has 0 amide bonds. The van der Waals surface area contributed by atoms with Gasteiger partial charge in [0.05, 0.1) is 0 Å². The Morgan fingerprint density at radius 2 is 1.88 bits per heavy atom. The van der Waals surface area contributed by atoms with Crippen LogP contribution in [-0.4, -0.2) is 54.6 Å². The molecule has 1 unspecified atom stereocenters. The van der Waals surface area contributed by atoms with Crippen LogP contribution in [0, 0.1) is 5.92 Å². The van der Waals surface area contributed by atoms with Crippen molar-refractivity contribution >= 4 is 0 Å². The molecule has 96 valence electrons. The van der Waals surface area contributed by atoms with E-state index in [9.17, 15) is 0 Å². The maximum Gasteiger partial charge on any atom is 0.0277 e. The molecule has 0 spiro atoms. The summed E-state index contributed by atoms with van der Waals surface area (Å²) in [5.41, 5.74) is 6.20. The molecule has 1 aliphatic rings. The predicted octanol–water partition coefficient (Wildman–Crippen LogP) is 1.39. The van der Waals surface area contributed by atoms with Crippen molar-refractivity contribution in [3.8, 4) is 0 Å². The number of hydrogen-bond acceptors (Lipinski definition) is 3. The Morgan fingerprint density at radius 1 is 1.25 bits per heavy atom. The van der Waals surface area contributed by atoms with E-state index in [1.807, 2.05) is 0 Å². The van der Waals surface area contributed by atoms with Crippen molar-refractivity contribution in [3.63, 3.8) is 0 Å². The van der Waals surface area contributed by atoms with Gasteiger partial charge in [-0.05, 0) is 33.2 Å². The summed E-state index contributed by atoms with van der Waals surface area (Å²) < 4.78 is 0. The third kappa shape index (κ3) is 3.44. The lowest BCUT2D eigenvalue weighted by Crippen LogP contribution is -2.60. The van der Waals surface area contributed by atoms with E-state index in [1.54, 1.807) is 0 Å². The summed E-state index contributed by atoms with van der Waals surface area (Å²) in [5.74, 6) is 0.733. The van der Waals surface area contributed by atoms with Gasteiger partial charge in [-0.2, -0.15) is 0 Å². The zero-order chi connectivity index (χ0) is 12.3. The van der Waals surface area contributed by atoms with Crippen molar-refractivity contribution in [2.24, 2.45) is 11.7 Å². The number of hydrogen-bond donors (Lipinski definition) is 1. The number of nitrogens with zero attached hydrogens (tertiary/aromatic N) is 2. The van der Waals surface area contributed by atoms with Gasteiger partial charge in [0.1, 0.15) is 0 Å². The lowest BCUT2D eigenvalue weighted by atomic mass is 9.95. The molecule has 1 fully saturated rings. The van der Waals surface area contributed by atoms with Gasteiger partial charge in [-0.1, -0.05) is 13.8 Å². The molecule has 1 heterocycles. The highest BCUT2D eigenvalue weighted by Crippen LogP contribution is 2.22. The molecular weight excluding hydrogens is 198 g/mol. The Bertz CT molecular complexity index is 213. The minimum Gasteiger partial charge on any atom is -0.329 e. The Hall–Kier alpha value is -0.120. The lowest BCUT2D eigenvalue weighted by Gasteiger charge is -2.48. The molecule has 16 heavy (non-hydrogen) atoms. The second kappa shape index (κ2) is 5.48. The van der Waals surface area contributed by atoms with Gasteiger partial charge in [-0.15, -0.1) is 0 Å². The van der Waals surface area contributed by atoms with Crippen molar-refractivity contribution in [2.45, 2.75) is 45.7 Å². The van der Waals surface area contributed by atoms with E-state index in [-0.39, 0.29) is 5.54 Å². The van der Waals surface area contributed by atoms with E-state index in [4.69, 9.17) is 5.73 Å². The molecule has 3 nitrogen and oxygen atoms in total. The molecule has 0 aromatic rings. The Morgan fingerprint density at radius 3 is 2.31 bits per heavy atom. The van der Waals surface area contributed by atoms with Gasteiger partial charge in [0, 0.05) is 37.8 Å². The Kier molecular flexibility index (Phi) is 4.77. The second-order valence-electron chi connectivity index (χ2n) is 6.22. The minimum absolute atomic E-state index is 0.280. The quantitative estimate of drug-likeness (QED) is 0.788. The van der Waals surface area contributed by atoms with E-state index in [1.165, 1.54) is 6.42 Å². The number of nitrogens with two attached hydrogens (primary N) is 1. The molecule has 1 saturated heterocycles. The van der Waals surface area contributed by atoms with Gasteiger partial charge in [0.2, 0.25) is 0 Å². The first-order chi connectivity index (χ1) is 7.36. The van der Waals surface area contributed by atoms with Crippen LogP contribution in [0.3, 0.4) is 0 Å². The topological polar surface area (TPSA) is 32.5 Å². The third-order valence-electron chi connectivity index (χ3n) is 3.88. The van der Waals surface area contributed by atoms with Gasteiger partial charge >= 0.3 is 0 Å². The molecule has 1 atom stereocenters. The van der Waals surface area contributed by atoms with Crippen LogP contribution in [0.15, 0.2) is 0 Å². The molecule has 0 aromatic heterocycles. The highest BCUT2D eigenvalue weighted by molar-refractivity contribution is 4.91. The van der Waals surface area contributed by atoms with Crippen molar-refractivity contribution < 1.29 is 0 Å². The maximum absolute atomic E-state index is 5.92. The fourth-order valence-corrected chi connectivity index (χ4v) is 2.53. The van der Waals surface area contributed by atoms with Crippen LogP contribution in [0.25, 0.3) is 0 Å². The number of likely N-dealkylation sites (N-methyl/N-ethyl adjacent to an activating group) is 1. The first-order valence-electron chi connectivity index (χ1n) is 6.52. The van der Waals surface area contributed by atoms with Crippen molar-refractivity contribution in [1.82, 2.24) is 9.80 Å². The molecule has 1 aliphatic heterocycles. The predicted molar refractivity (Wildman–Crippen MR) is 70.6 cm³/mol. The molecule has 0 radical (unpaired) electrons. The highest BCUT2D eigenvalue weighted by atomic mass is 15.3. The molecule has 3 heteroatoms. The molecular formula is C13H29N3. The third-order valence-corrected chi connectivity index (χ3v) is 3.88. The zero-order valence-corrected chi connectivity index (χ0v) is 11.7. The van der Waals surface area contributed by atoms with E-state index >= 15 is 0 Å². The van der Waals surface area contributed by atoms with Crippen LogP contribution >= 0.6 is 0 Å². The molecule has 2 N–H and O–H groups in total. The summed E-state index contributed by atoms with van der Waals surface area (Å²) >= 11 is 0. The van der Waals surface area contributed by atoms with Crippen molar-refractivity contribution in [3.05, 3.63) is 0 Å². The van der Waals surface area contributed by atoms with E-state index in [0.29, 0.717) is 6.04 Å². The lowest BCUT2D eigenvalue weighted by molar-refractivity contribution is 0.0140. The van der Waals surface area contributed by atoms with Crippen LogP contribution in [-0.2, 0) is 0 Å². The first kappa shape index (κ1) is 13.9. The van der Waals surface area contributed by atoms with Crippen LogP contribution in [0.5, 0.6) is 0 Å². The summed E-state index contributed by atoms with van der Waals surface area (Å²) in [6.07, 6.45) is 1.22. The van der Waals surface area contributed by atoms with Gasteiger partial charge in [-0.3, -0.25) is 9.80 Å². The Labute approximate surface area is 101 Å². The minimum atomic E-state index is 0.280. The molecule has 0 aliphatic carbocycles. The normalized spacial score (nSPS) is 24.9. The van der Waals surface area contributed by atoms with Crippen molar-refractivity contribution in [2.75, 3.05) is 33.2 Å². The fraction of sp³-hybridized carbons (Fsp3) is 1.00. The summed E-state index contributed by atoms with van der Waals surface area (Å²) in [6.45, 7) is 13.4. The highest BCUT2D eigenvalue weighted by Gasteiger charge is 2.33. The summed E-state index contributed by atoms with van der Waals surface area (Å²) in [4.78, 5) is 5.03. The molecule has 1 rings (SSSR count).